The monoisotopic (exact) mass is 315 g/mol. The van der Waals surface area contributed by atoms with Crippen molar-refractivity contribution < 1.29 is 13.6 Å². The van der Waals surface area contributed by atoms with Crippen LogP contribution in [0, 0.1) is 27.7 Å². The summed E-state index contributed by atoms with van der Waals surface area (Å²) in [5, 5.41) is 1.94. The molecule has 5 nitrogen and oxygen atoms in total. The van der Waals surface area contributed by atoms with Crippen molar-refractivity contribution in [1.29, 1.82) is 0 Å². The van der Waals surface area contributed by atoms with Crippen LogP contribution in [0.5, 0.6) is 0 Å². The van der Waals surface area contributed by atoms with Gasteiger partial charge in [-0.05, 0) is 44.9 Å². The summed E-state index contributed by atoms with van der Waals surface area (Å²) in [6.07, 6.45) is 0. The van der Waals surface area contributed by atoms with E-state index in [2.05, 4.69) is 0 Å². The van der Waals surface area contributed by atoms with Crippen molar-refractivity contribution in [1.82, 2.24) is 0 Å². The predicted molar refractivity (Wildman–Crippen MR) is 89.9 cm³/mol. The fraction of sp³-hybridized carbons (Fsp3) is 0.389. The Kier molecular flexibility index (Phi) is 4.00. The molecule has 0 amide bonds. The Morgan fingerprint density at radius 3 is 2.39 bits per heavy atom. The summed E-state index contributed by atoms with van der Waals surface area (Å²) in [4.78, 5) is 12.2. The topological polar surface area (TPSA) is 78.6 Å². The van der Waals surface area contributed by atoms with Crippen LogP contribution in [-0.4, -0.2) is 13.2 Å². The molecule has 0 aliphatic rings. The number of nitrogens with two attached hydrogens (primary N) is 1. The number of hydrogen-bond acceptors (Lipinski definition) is 5. The third kappa shape index (κ3) is 2.46. The quantitative estimate of drug-likeness (QED) is 0.590. The fourth-order valence-corrected chi connectivity index (χ4v) is 2.91. The van der Waals surface area contributed by atoms with Gasteiger partial charge in [-0.2, -0.15) is 0 Å². The van der Waals surface area contributed by atoms with E-state index in [0.29, 0.717) is 30.9 Å². The molecule has 0 saturated heterocycles. The van der Waals surface area contributed by atoms with E-state index in [1.54, 1.807) is 6.92 Å². The van der Waals surface area contributed by atoms with Crippen LogP contribution >= 0.6 is 0 Å². The summed E-state index contributed by atoms with van der Waals surface area (Å²) in [5.41, 5.74) is 9.84. The Morgan fingerprint density at radius 1 is 1.00 bits per heavy atom. The van der Waals surface area contributed by atoms with E-state index in [0.717, 1.165) is 38.8 Å². The highest BCUT2D eigenvalue weighted by Crippen LogP contribution is 2.34. The summed E-state index contributed by atoms with van der Waals surface area (Å²) in [6, 6.07) is 2.03. The standard InChI is InChI=1S/C18H21NO4/c1-9-12(4)22-16-11(3)17-14(7-13(9)16)15(8-21-6-5-19)10(2)18(20)23-17/h7H,5-6,8,19H2,1-4H3. The van der Waals surface area contributed by atoms with Crippen LogP contribution in [0.3, 0.4) is 0 Å². The highest BCUT2D eigenvalue weighted by atomic mass is 16.5. The number of rotatable bonds is 4. The Balaban J connectivity index is 2.36. The van der Waals surface area contributed by atoms with Crippen molar-refractivity contribution >= 4 is 21.9 Å². The van der Waals surface area contributed by atoms with Gasteiger partial charge in [0, 0.05) is 28.4 Å². The van der Waals surface area contributed by atoms with Crippen molar-refractivity contribution in [3.63, 3.8) is 0 Å². The maximum Gasteiger partial charge on any atom is 0.339 e. The van der Waals surface area contributed by atoms with E-state index in [-0.39, 0.29) is 5.63 Å². The second kappa shape index (κ2) is 5.83. The van der Waals surface area contributed by atoms with E-state index in [1.165, 1.54) is 0 Å². The minimum Gasteiger partial charge on any atom is -0.461 e. The second-order valence-electron chi connectivity index (χ2n) is 5.87. The first-order chi connectivity index (χ1) is 11.0. The Bertz CT molecular complexity index is 949. The van der Waals surface area contributed by atoms with Crippen molar-refractivity contribution in [3.05, 3.63) is 44.5 Å². The van der Waals surface area contributed by atoms with Gasteiger partial charge in [0.05, 0.1) is 13.2 Å². The van der Waals surface area contributed by atoms with E-state index in [9.17, 15) is 4.79 Å². The van der Waals surface area contributed by atoms with Crippen molar-refractivity contribution in [2.45, 2.75) is 34.3 Å². The third-order valence-corrected chi connectivity index (χ3v) is 4.43. The molecule has 23 heavy (non-hydrogen) atoms. The molecule has 0 saturated carbocycles. The zero-order valence-electron chi connectivity index (χ0n) is 13.9. The van der Waals surface area contributed by atoms with Gasteiger partial charge in [0.1, 0.15) is 16.9 Å². The van der Waals surface area contributed by atoms with Gasteiger partial charge in [-0.1, -0.05) is 0 Å². The molecule has 3 rings (SSSR count). The number of ether oxygens (including phenoxy) is 1. The first-order valence-corrected chi connectivity index (χ1v) is 7.69. The van der Waals surface area contributed by atoms with Crippen LogP contribution in [0.2, 0.25) is 0 Å². The molecule has 2 N–H and O–H groups in total. The molecule has 0 radical (unpaired) electrons. The molecule has 0 atom stereocenters. The molecular formula is C18H21NO4. The van der Waals surface area contributed by atoms with Gasteiger partial charge in [0.15, 0.2) is 0 Å². The zero-order chi connectivity index (χ0) is 16.7. The molecule has 0 bridgehead atoms. The Morgan fingerprint density at radius 2 is 1.70 bits per heavy atom. The molecule has 1 aromatic carbocycles. The molecule has 122 valence electrons. The number of hydrogen-bond donors (Lipinski definition) is 1. The zero-order valence-corrected chi connectivity index (χ0v) is 13.9. The van der Waals surface area contributed by atoms with Gasteiger partial charge in [-0.25, -0.2) is 4.79 Å². The second-order valence-corrected chi connectivity index (χ2v) is 5.87. The molecule has 3 aromatic rings. The van der Waals surface area contributed by atoms with Crippen LogP contribution < -0.4 is 11.4 Å². The predicted octanol–water partition coefficient (Wildman–Crippen LogP) is 3.25. The number of aryl methyl sites for hydroxylation is 3. The fourth-order valence-electron chi connectivity index (χ4n) is 2.91. The number of furan rings is 1. The lowest BCUT2D eigenvalue weighted by Crippen LogP contribution is -2.12. The molecular weight excluding hydrogens is 294 g/mol. The highest BCUT2D eigenvalue weighted by Gasteiger charge is 2.18. The minimum atomic E-state index is -0.341. The summed E-state index contributed by atoms with van der Waals surface area (Å²) < 4.78 is 16.9. The first kappa shape index (κ1) is 15.8. The third-order valence-electron chi connectivity index (χ3n) is 4.43. The molecule has 5 heteroatoms. The number of benzene rings is 1. The van der Waals surface area contributed by atoms with E-state index < -0.39 is 0 Å². The van der Waals surface area contributed by atoms with Crippen molar-refractivity contribution in [2.75, 3.05) is 13.2 Å². The van der Waals surface area contributed by atoms with Crippen LogP contribution in [0.15, 0.2) is 19.7 Å². The highest BCUT2D eigenvalue weighted by molar-refractivity contribution is 6.00. The van der Waals surface area contributed by atoms with Gasteiger partial charge in [0.2, 0.25) is 0 Å². The molecule has 0 spiro atoms. The van der Waals surface area contributed by atoms with Crippen LogP contribution in [0.1, 0.15) is 28.0 Å². The van der Waals surface area contributed by atoms with Gasteiger partial charge in [-0.15, -0.1) is 0 Å². The van der Waals surface area contributed by atoms with Crippen molar-refractivity contribution in [3.8, 4) is 0 Å². The van der Waals surface area contributed by atoms with Crippen LogP contribution in [-0.2, 0) is 11.3 Å². The van der Waals surface area contributed by atoms with E-state index >= 15 is 0 Å². The lowest BCUT2D eigenvalue weighted by atomic mass is 10.00. The molecule has 0 fully saturated rings. The molecule has 2 heterocycles. The Hall–Kier alpha value is -2.11. The maximum absolute atomic E-state index is 12.2. The summed E-state index contributed by atoms with van der Waals surface area (Å²) >= 11 is 0. The van der Waals surface area contributed by atoms with Crippen molar-refractivity contribution in [2.24, 2.45) is 5.73 Å². The van der Waals surface area contributed by atoms with Crippen LogP contribution in [0.4, 0.5) is 0 Å². The average Bonchev–Trinajstić information content (AvgIpc) is 2.81. The first-order valence-electron chi connectivity index (χ1n) is 7.69. The summed E-state index contributed by atoms with van der Waals surface area (Å²) in [5.74, 6) is 0.874. The van der Waals surface area contributed by atoms with Gasteiger partial charge in [0.25, 0.3) is 0 Å². The smallest absolute Gasteiger partial charge is 0.339 e. The molecule has 0 aliphatic heterocycles. The van der Waals surface area contributed by atoms with Gasteiger partial charge < -0.3 is 19.3 Å². The number of fused-ring (bicyclic) bond motifs is 2. The normalized spacial score (nSPS) is 11.7. The van der Waals surface area contributed by atoms with E-state index in [1.807, 2.05) is 26.8 Å². The summed E-state index contributed by atoms with van der Waals surface area (Å²) in [7, 11) is 0. The lowest BCUT2D eigenvalue weighted by molar-refractivity contribution is 0.128. The molecule has 2 aromatic heterocycles. The van der Waals surface area contributed by atoms with E-state index in [4.69, 9.17) is 19.3 Å². The minimum absolute atomic E-state index is 0.339. The SMILES string of the molecule is Cc1oc2c(C)c3oc(=O)c(C)c(COCCN)c3cc2c1C. The molecule has 0 unspecified atom stereocenters. The summed E-state index contributed by atoms with van der Waals surface area (Å²) in [6.45, 7) is 8.88. The largest absolute Gasteiger partial charge is 0.461 e. The Labute approximate surface area is 134 Å². The van der Waals surface area contributed by atoms with Gasteiger partial charge in [-0.3, -0.25) is 0 Å². The average molecular weight is 315 g/mol. The maximum atomic E-state index is 12.2. The molecule has 0 aliphatic carbocycles. The lowest BCUT2D eigenvalue weighted by Gasteiger charge is -2.11. The van der Waals surface area contributed by atoms with Crippen LogP contribution in [0.25, 0.3) is 21.9 Å². The van der Waals surface area contributed by atoms with Gasteiger partial charge >= 0.3 is 5.63 Å².